The number of carbonyl (C=O) groups is 2. The molecule has 2 amide bonds. The van der Waals surface area contributed by atoms with Crippen molar-refractivity contribution in [3.05, 3.63) is 94.3 Å². The van der Waals surface area contributed by atoms with Gasteiger partial charge in [-0.3, -0.25) is 14.6 Å². The molecule has 0 spiro atoms. The molecule has 0 fully saturated rings. The standard InChI is InChI=1S/C22H20ClN3O2/c1-15-5-2-3-8-19(15)26-22(28)20-14-17(10-12-24-20)21(27)25-11-9-16-6-4-7-18(23)13-16/h2-8,10,12-14H,9,11H2,1H3,(H,25,27)(H,26,28). The molecule has 6 heteroatoms. The van der Waals surface area contributed by atoms with Crippen LogP contribution in [-0.4, -0.2) is 23.3 Å². The zero-order valence-electron chi connectivity index (χ0n) is 15.4. The van der Waals surface area contributed by atoms with E-state index in [-0.39, 0.29) is 17.5 Å². The highest BCUT2D eigenvalue weighted by Gasteiger charge is 2.12. The largest absolute Gasteiger partial charge is 0.352 e. The molecule has 1 aromatic heterocycles. The normalized spacial score (nSPS) is 10.4. The molecule has 0 unspecified atom stereocenters. The molecule has 0 atom stereocenters. The van der Waals surface area contributed by atoms with Crippen LogP contribution in [0.1, 0.15) is 32.0 Å². The highest BCUT2D eigenvalue weighted by atomic mass is 35.5. The van der Waals surface area contributed by atoms with Crippen LogP contribution < -0.4 is 10.6 Å². The van der Waals surface area contributed by atoms with Gasteiger partial charge in [-0.1, -0.05) is 41.9 Å². The molecule has 0 aliphatic carbocycles. The molecule has 5 nitrogen and oxygen atoms in total. The lowest BCUT2D eigenvalue weighted by atomic mass is 10.1. The molecule has 142 valence electrons. The molecule has 3 rings (SSSR count). The number of amides is 2. The summed E-state index contributed by atoms with van der Waals surface area (Å²) in [5, 5.41) is 6.34. The number of hydrogen-bond donors (Lipinski definition) is 2. The Hall–Kier alpha value is -3.18. The number of halogens is 1. The zero-order valence-corrected chi connectivity index (χ0v) is 16.2. The minimum Gasteiger partial charge on any atom is -0.352 e. The van der Waals surface area contributed by atoms with Crippen molar-refractivity contribution in [2.75, 3.05) is 11.9 Å². The summed E-state index contributed by atoms with van der Waals surface area (Å²) in [4.78, 5) is 28.9. The number of aryl methyl sites for hydroxylation is 1. The molecule has 2 N–H and O–H groups in total. The Morgan fingerprint density at radius 1 is 1.00 bits per heavy atom. The van der Waals surface area contributed by atoms with Crippen molar-refractivity contribution in [2.24, 2.45) is 0 Å². The summed E-state index contributed by atoms with van der Waals surface area (Å²) in [5.41, 5.74) is 3.28. The average molecular weight is 394 g/mol. The first-order valence-electron chi connectivity index (χ1n) is 8.88. The molecule has 0 radical (unpaired) electrons. The predicted octanol–water partition coefficient (Wildman–Crippen LogP) is 4.27. The first-order valence-corrected chi connectivity index (χ1v) is 9.26. The summed E-state index contributed by atoms with van der Waals surface area (Å²) in [5.74, 6) is -0.614. The van der Waals surface area contributed by atoms with Gasteiger partial charge in [-0.05, 0) is 54.8 Å². The van der Waals surface area contributed by atoms with Crippen molar-refractivity contribution in [1.29, 1.82) is 0 Å². The van der Waals surface area contributed by atoms with E-state index in [0.717, 1.165) is 11.1 Å². The maximum atomic E-state index is 12.5. The van der Waals surface area contributed by atoms with Crippen LogP contribution >= 0.6 is 11.6 Å². The third-order valence-electron chi connectivity index (χ3n) is 4.24. The van der Waals surface area contributed by atoms with Crippen LogP contribution in [0, 0.1) is 6.92 Å². The van der Waals surface area contributed by atoms with E-state index in [1.807, 2.05) is 55.5 Å². The fourth-order valence-corrected chi connectivity index (χ4v) is 2.92. The average Bonchev–Trinajstić information content (AvgIpc) is 2.70. The van der Waals surface area contributed by atoms with Crippen molar-refractivity contribution < 1.29 is 9.59 Å². The fourth-order valence-electron chi connectivity index (χ4n) is 2.71. The fraction of sp³-hybridized carbons (Fsp3) is 0.136. The van der Waals surface area contributed by atoms with Gasteiger partial charge in [-0.25, -0.2) is 0 Å². The summed E-state index contributed by atoms with van der Waals surface area (Å²) < 4.78 is 0. The van der Waals surface area contributed by atoms with Crippen LogP contribution in [0.4, 0.5) is 5.69 Å². The second-order valence-electron chi connectivity index (χ2n) is 6.33. The monoisotopic (exact) mass is 393 g/mol. The van der Waals surface area contributed by atoms with Crippen LogP contribution in [0.25, 0.3) is 0 Å². The van der Waals surface area contributed by atoms with Crippen molar-refractivity contribution in [3.63, 3.8) is 0 Å². The quantitative estimate of drug-likeness (QED) is 0.657. The smallest absolute Gasteiger partial charge is 0.274 e. The Labute approximate surface area is 168 Å². The van der Waals surface area contributed by atoms with Gasteiger partial charge in [-0.2, -0.15) is 0 Å². The van der Waals surface area contributed by atoms with Crippen LogP contribution in [0.3, 0.4) is 0 Å². The van der Waals surface area contributed by atoms with E-state index in [9.17, 15) is 9.59 Å². The Bertz CT molecular complexity index is 1000. The number of rotatable bonds is 6. The van der Waals surface area contributed by atoms with Crippen molar-refractivity contribution in [3.8, 4) is 0 Å². The van der Waals surface area contributed by atoms with E-state index in [1.165, 1.54) is 12.3 Å². The molecule has 28 heavy (non-hydrogen) atoms. The number of nitrogens with zero attached hydrogens (tertiary/aromatic N) is 1. The van der Waals surface area contributed by atoms with Crippen molar-refractivity contribution in [2.45, 2.75) is 13.3 Å². The minimum atomic E-state index is -0.358. The molecule has 2 aromatic carbocycles. The van der Waals surface area contributed by atoms with Crippen LogP contribution in [0.5, 0.6) is 0 Å². The molecular weight excluding hydrogens is 374 g/mol. The summed E-state index contributed by atoms with van der Waals surface area (Å²) in [6, 6.07) is 18.1. The summed E-state index contributed by atoms with van der Waals surface area (Å²) in [6.45, 7) is 2.37. The van der Waals surface area contributed by atoms with Crippen molar-refractivity contribution in [1.82, 2.24) is 10.3 Å². The molecule has 0 aliphatic heterocycles. The molecular formula is C22H20ClN3O2. The first-order chi connectivity index (χ1) is 13.5. The second kappa shape index (κ2) is 9.15. The van der Waals surface area contributed by atoms with E-state index < -0.39 is 0 Å². The number of carbonyl (C=O) groups excluding carboxylic acids is 2. The van der Waals surface area contributed by atoms with Crippen LogP contribution in [0.2, 0.25) is 5.02 Å². The highest BCUT2D eigenvalue weighted by molar-refractivity contribution is 6.30. The van der Waals surface area contributed by atoms with Crippen LogP contribution in [0.15, 0.2) is 66.9 Å². The summed E-state index contributed by atoms with van der Waals surface area (Å²) in [7, 11) is 0. The second-order valence-corrected chi connectivity index (χ2v) is 6.77. The Balaban J connectivity index is 1.61. The lowest BCUT2D eigenvalue weighted by molar-refractivity contribution is 0.0954. The molecule has 0 saturated heterocycles. The topological polar surface area (TPSA) is 71.1 Å². The van der Waals surface area contributed by atoms with Gasteiger partial charge < -0.3 is 10.6 Å². The van der Waals surface area contributed by atoms with E-state index in [1.54, 1.807) is 6.07 Å². The number of anilines is 1. The Morgan fingerprint density at radius 2 is 1.82 bits per heavy atom. The number of aromatic nitrogens is 1. The summed E-state index contributed by atoms with van der Waals surface area (Å²) >= 11 is 5.96. The molecule has 0 bridgehead atoms. The van der Waals surface area contributed by atoms with E-state index >= 15 is 0 Å². The van der Waals surface area contributed by atoms with Gasteiger partial charge >= 0.3 is 0 Å². The molecule has 0 saturated carbocycles. The van der Waals surface area contributed by atoms with Gasteiger partial charge in [0.2, 0.25) is 0 Å². The van der Waals surface area contributed by atoms with Crippen molar-refractivity contribution >= 4 is 29.1 Å². The number of nitrogens with one attached hydrogen (secondary N) is 2. The third-order valence-corrected chi connectivity index (χ3v) is 4.47. The van der Waals surface area contributed by atoms with Gasteiger partial charge in [0.05, 0.1) is 0 Å². The maximum absolute atomic E-state index is 12.5. The van der Waals surface area contributed by atoms with E-state index in [0.29, 0.717) is 29.2 Å². The van der Waals surface area contributed by atoms with Gasteiger partial charge in [0.15, 0.2) is 0 Å². The summed E-state index contributed by atoms with van der Waals surface area (Å²) in [6.07, 6.45) is 2.12. The predicted molar refractivity (Wildman–Crippen MR) is 111 cm³/mol. The van der Waals surface area contributed by atoms with Gasteiger partial charge in [0.1, 0.15) is 5.69 Å². The van der Waals surface area contributed by atoms with E-state index in [2.05, 4.69) is 15.6 Å². The third kappa shape index (κ3) is 5.18. The van der Waals surface area contributed by atoms with Gasteiger partial charge in [0.25, 0.3) is 11.8 Å². The Morgan fingerprint density at radius 3 is 2.61 bits per heavy atom. The molecule has 1 heterocycles. The number of para-hydroxylation sites is 1. The van der Waals surface area contributed by atoms with Gasteiger partial charge in [0, 0.05) is 29.0 Å². The highest BCUT2D eigenvalue weighted by Crippen LogP contribution is 2.15. The molecule has 3 aromatic rings. The van der Waals surface area contributed by atoms with Crippen LogP contribution in [-0.2, 0) is 6.42 Å². The maximum Gasteiger partial charge on any atom is 0.274 e. The SMILES string of the molecule is Cc1ccccc1NC(=O)c1cc(C(=O)NCCc2cccc(Cl)c2)ccn1. The zero-order chi connectivity index (χ0) is 19.9. The lowest BCUT2D eigenvalue weighted by Crippen LogP contribution is -2.26. The van der Waals surface area contributed by atoms with Gasteiger partial charge in [-0.15, -0.1) is 0 Å². The first kappa shape index (κ1) is 19.6. The lowest BCUT2D eigenvalue weighted by Gasteiger charge is -2.09. The number of hydrogen-bond acceptors (Lipinski definition) is 3. The van der Waals surface area contributed by atoms with E-state index in [4.69, 9.17) is 11.6 Å². The minimum absolute atomic E-state index is 0.186. The number of pyridine rings is 1. The molecule has 0 aliphatic rings. The Kier molecular flexibility index (Phi) is 6.40. The number of benzene rings is 2.